The van der Waals surface area contributed by atoms with Gasteiger partial charge in [-0.3, -0.25) is 10.1 Å². The van der Waals surface area contributed by atoms with Crippen LogP contribution in [0.5, 0.6) is 5.75 Å². The van der Waals surface area contributed by atoms with Gasteiger partial charge in [0, 0.05) is 5.56 Å². The largest absolute Gasteiger partial charge is 0.488 e. The van der Waals surface area contributed by atoms with E-state index in [2.05, 4.69) is 33.5 Å². The van der Waals surface area contributed by atoms with Gasteiger partial charge in [-0.15, -0.1) is 0 Å². The SMILES string of the molecule is Cc1ccc(COc2ccc(C(=O)NC(N)=S)cc2Br)cc1. The Kier molecular flexibility index (Phi) is 5.51. The van der Waals surface area contributed by atoms with E-state index in [0.29, 0.717) is 22.4 Å². The fourth-order valence-corrected chi connectivity index (χ4v) is 2.37. The van der Waals surface area contributed by atoms with Crippen molar-refractivity contribution in [2.45, 2.75) is 13.5 Å². The van der Waals surface area contributed by atoms with Crippen LogP contribution in [-0.2, 0) is 6.61 Å². The Morgan fingerprint density at radius 1 is 1.27 bits per heavy atom. The number of carbonyl (C=O) groups excluding carboxylic acids is 1. The summed E-state index contributed by atoms with van der Waals surface area (Å²) in [5.74, 6) is 0.311. The standard InChI is InChI=1S/C16H15BrN2O2S/c1-10-2-4-11(5-3-10)9-21-14-7-6-12(8-13(14)17)15(20)19-16(18)22/h2-8H,9H2,1H3,(H3,18,19,20,22). The average molecular weight is 379 g/mol. The first kappa shape index (κ1) is 16.5. The number of thiocarbonyl (C=S) groups is 1. The van der Waals surface area contributed by atoms with Gasteiger partial charge in [-0.25, -0.2) is 0 Å². The summed E-state index contributed by atoms with van der Waals surface area (Å²) in [5, 5.41) is 2.32. The van der Waals surface area contributed by atoms with Gasteiger partial charge in [0.1, 0.15) is 12.4 Å². The second-order valence-corrected chi connectivity index (χ2v) is 6.03. The number of amides is 1. The van der Waals surface area contributed by atoms with E-state index in [1.165, 1.54) is 5.56 Å². The lowest BCUT2D eigenvalue weighted by atomic mass is 10.2. The molecule has 0 saturated heterocycles. The lowest BCUT2D eigenvalue weighted by molar-refractivity contribution is 0.0977. The Labute approximate surface area is 142 Å². The van der Waals surface area contributed by atoms with Crippen molar-refractivity contribution in [3.05, 3.63) is 63.6 Å². The number of aryl methyl sites for hydroxylation is 1. The lowest BCUT2D eigenvalue weighted by Crippen LogP contribution is -2.34. The second kappa shape index (κ2) is 7.38. The summed E-state index contributed by atoms with van der Waals surface area (Å²) in [6, 6.07) is 13.2. The van der Waals surface area contributed by atoms with E-state index in [1.807, 2.05) is 31.2 Å². The third-order valence-corrected chi connectivity index (χ3v) is 3.67. The lowest BCUT2D eigenvalue weighted by Gasteiger charge is -2.10. The highest BCUT2D eigenvalue weighted by atomic mass is 79.9. The molecule has 0 aliphatic heterocycles. The monoisotopic (exact) mass is 378 g/mol. The van der Waals surface area contributed by atoms with Gasteiger partial charge in [0.25, 0.3) is 5.91 Å². The van der Waals surface area contributed by atoms with Gasteiger partial charge in [-0.05, 0) is 58.8 Å². The van der Waals surface area contributed by atoms with Crippen molar-refractivity contribution in [1.82, 2.24) is 5.32 Å². The summed E-state index contributed by atoms with van der Waals surface area (Å²) in [4.78, 5) is 11.8. The Morgan fingerprint density at radius 2 is 1.95 bits per heavy atom. The minimum absolute atomic E-state index is 0.0548. The number of carbonyl (C=O) groups is 1. The van der Waals surface area contributed by atoms with Crippen molar-refractivity contribution in [3.63, 3.8) is 0 Å². The number of nitrogens with two attached hydrogens (primary N) is 1. The molecule has 2 rings (SSSR count). The van der Waals surface area contributed by atoms with Crippen molar-refractivity contribution in [1.29, 1.82) is 0 Å². The summed E-state index contributed by atoms with van der Waals surface area (Å²) >= 11 is 8.04. The van der Waals surface area contributed by atoms with Crippen LogP contribution in [0, 0.1) is 6.92 Å². The molecule has 0 unspecified atom stereocenters. The van der Waals surface area contributed by atoms with E-state index in [4.69, 9.17) is 10.5 Å². The predicted octanol–water partition coefficient (Wildman–Crippen LogP) is 3.31. The number of ether oxygens (including phenoxy) is 1. The molecule has 0 saturated carbocycles. The Hall–Kier alpha value is -1.92. The molecule has 2 aromatic rings. The molecule has 22 heavy (non-hydrogen) atoms. The highest BCUT2D eigenvalue weighted by molar-refractivity contribution is 9.10. The molecular weight excluding hydrogens is 364 g/mol. The Morgan fingerprint density at radius 3 is 2.55 bits per heavy atom. The molecule has 0 atom stereocenters. The zero-order valence-electron chi connectivity index (χ0n) is 11.9. The number of benzene rings is 2. The van der Waals surface area contributed by atoms with E-state index in [1.54, 1.807) is 18.2 Å². The summed E-state index contributed by atoms with van der Waals surface area (Å²) in [5.41, 5.74) is 8.01. The maximum absolute atomic E-state index is 11.8. The van der Waals surface area contributed by atoms with Gasteiger partial charge in [-0.1, -0.05) is 29.8 Å². The number of hydrogen-bond acceptors (Lipinski definition) is 3. The molecule has 0 bridgehead atoms. The topological polar surface area (TPSA) is 64.3 Å². The van der Waals surface area contributed by atoms with Crippen LogP contribution >= 0.6 is 28.1 Å². The van der Waals surface area contributed by atoms with Gasteiger partial charge >= 0.3 is 0 Å². The molecule has 3 N–H and O–H groups in total. The van der Waals surface area contributed by atoms with Crippen molar-refractivity contribution in [3.8, 4) is 5.75 Å². The molecule has 0 aromatic heterocycles. The summed E-state index contributed by atoms with van der Waals surface area (Å²) in [7, 11) is 0. The van der Waals surface area contributed by atoms with Crippen LogP contribution in [0.15, 0.2) is 46.9 Å². The molecule has 0 fully saturated rings. The van der Waals surface area contributed by atoms with Crippen molar-refractivity contribution >= 4 is 39.2 Å². The third-order valence-electron chi connectivity index (χ3n) is 2.95. The zero-order chi connectivity index (χ0) is 16.1. The first-order valence-corrected chi connectivity index (χ1v) is 7.74. The van der Waals surface area contributed by atoms with Crippen molar-refractivity contribution < 1.29 is 9.53 Å². The van der Waals surface area contributed by atoms with Crippen molar-refractivity contribution in [2.75, 3.05) is 0 Å². The molecule has 1 amide bonds. The van der Waals surface area contributed by atoms with Crippen LogP contribution in [0.4, 0.5) is 0 Å². The quantitative estimate of drug-likeness (QED) is 0.801. The molecule has 4 nitrogen and oxygen atoms in total. The Bertz CT molecular complexity index is 702. The molecule has 0 heterocycles. The van der Waals surface area contributed by atoms with Gasteiger partial charge < -0.3 is 10.5 Å². The predicted molar refractivity (Wildman–Crippen MR) is 93.9 cm³/mol. The maximum Gasteiger partial charge on any atom is 0.257 e. The van der Waals surface area contributed by atoms with Gasteiger partial charge in [0.15, 0.2) is 5.11 Å². The molecule has 114 valence electrons. The van der Waals surface area contributed by atoms with Crippen LogP contribution in [0.25, 0.3) is 0 Å². The van der Waals surface area contributed by atoms with E-state index in [9.17, 15) is 4.79 Å². The van der Waals surface area contributed by atoms with Crippen LogP contribution in [0.1, 0.15) is 21.5 Å². The third kappa shape index (κ3) is 4.54. The van der Waals surface area contributed by atoms with E-state index in [-0.39, 0.29) is 11.0 Å². The normalized spacial score (nSPS) is 10.1. The maximum atomic E-state index is 11.8. The molecule has 0 aliphatic rings. The van der Waals surface area contributed by atoms with Gasteiger partial charge in [0.05, 0.1) is 4.47 Å². The van der Waals surface area contributed by atoms with Gasteiger partial charge in [-0.2, -0.15) is 0 Å². The van der Waals surface area contributed by atoms with E-state index >= 15 is 0 Å². The van der Waals surface area contributed by atoms with Crippen LogP contribution in [-0.4, -0.2) is 11.0 Å². The minimum atomic E-state index is -0.349. The number of rotatable bonds is 4. The average Bonchev–Trinajstić information content (AvgIpc) is 2.47. The van der Waals surface area contributed by atoms with Gasteiger partial charge in [0.2, 0.25) is 0 Å². The van der Waals surface area contributed by atoms with Crippen molar-refractivity contribution in [2.24, 2.45) is 5.73 Å². The number of nitrogens with one attached hydrogen (secondary N) is 1. The minimum Gasteiger partial charge on any atom is -0.488 e. The Balaban J connectivity index is 2.05. The fourth-order valence-electron chi connectivity index (χ4n) is 1.79. The highest BCUT2D eigenvalue weighted by Gasteiger charge is 2.10. The smallest absolute Gasteiger partial charge is 0.257 e. The molecule has 2 aromatic carbocycles. The fraction of sp³-hybridized carbons (Fsp3) is 0.125. The van der Waals surface area contributed by atoms with Crippen LogP contribution in [0.2, 0.25) is 0 Å². The van der Waals surface area contributed by atoms with E-state index in [0.717, 1.165) is 5.56 Å². The van der Waals surface area contributed by atoms with Crippen LogP contribution < -0.4 is 15.8 Å². The summed E-state index contributed by atoms with van der Waals surface area (Å²) in [6.45, 7) is 2.50. The molecule has 0 aliphatic carbocycles. The zero-order valence-corrected chi connectivity index (χ0v) is 14.3. The van der Waals surface area contributed by atoms with Crippen LogP contribution in [0.3, 0.4) is 0 Å². The molecular formula is C16H15BrN2O2S. The summed E-state index contributed by atoms with van der Waals surface area (Å²) in [6.07, 6.45) is 0. The second-order valence-electron chi connectivity index (χ2n) is 4.74. The van der Waals surface area contributed by atoms with E-state index < -0.39 is 0 Å². The number of halogens is 1. The molecule has 0 radical (unpaired) electrons. The summed E-state index contributed by atoms with van der Waals surface area (Å²) < 4.78 is 6.44. The highest BCUT2D eigenvalue weighted by Crippen LogP contribution is 2.27. The molecule has 6 heteroatoms. The first-order valence-electron chi connectivity index (χ1n) is 6.54. The first-order chi connectivity index (χ1) is 10.5. The molecule has 0 spiro atoms. The number of hydrogen-bond donors (Lipinski definition) is 2.